The van der Waals surface area contributed by atoms with Crippen molar-refractivity contribution in [3.05, 3.63) is 71.8 Å². The normalized spacial score (nSPS) is 22.9. The number of rotatable bonds is 3. The van der Waals surface area contributed by atoms with Gasteiger partial charge in [-0.05, 0) is 37.4 Å². The van der Waals surface area contributed by atoms with Crippen molar-refractivity contribution in [1.82, 2.24) is 5.32 Å². The van der Waals surface area contributed by atoms with Gasteiger partial charge in [-0.2, -0.15) is 0 Å². The second kappa shape index (κ2) is 5.04. The highest BCUT2D eigenvalue weighted by atomic mass is 16.3. The first-order valence-electron chi connectivity index (χ1n) is 7.25. The first-order chi connectivity index (χ1) is 9.67. The van der Waals surface area contributed by atoms with E-state index in [-0.39, 0.29) is 5.54 Å². The molecule has 0 spiro atoms. The number of aliphatic hydroxyl groups is 1. The molecule has 0 aromatic heterocycles. The molecule has 2 aromatic rings. The number of hydrogen-bond acceptors (Lipinski definition) is 2. The molecule has 20 heavy (non-hydrogen) atoms. The van der Waals surface area contributed by atoms with Crippen molar-refractivity contribution < 1.29 is 5.11 Å². The Bertz CT molecular complexity index is 519. The van der Waals surface area contributed by atoms with Crippen molar-refractivity contribution in [2.45, 2.75) is 30.9 Å². The van der Waals surface area contributed by atoms with E-state index >= 15 is 0 Å². The van der Waals surface area contributed by atoms with Crippen LogP contribution in [0.1, 0.15) is 30.9 Å². The van der Waals surface area contributed by atoms with E-state index < -0.39 is 5.60 Å². The summed E-state index contributed by atoms with van der Waals surface area (Å²) in [6, 6.07) is 20.0. The zero-order chi connectivity index (χ0) is 14.1. The second-order valence-corrected chi connectivity index (χ2v) is 5.80. The van der Waals surface area contributed by atoms with Crippen molar-refractivity contribution in [2.24, 2.45) is 0 Å². The third-order valence-electron chi connectivity index (χ3n) is 4.55. The molecule has 104 valence electrons. The van der Waals surface area contributed by atoms with Crippen molar-refractivity contribution >= 4 is 0 Å². The maximum absolute atomic E-state index is 11.7. The molecule has 3 rings (SSSR count). The zero-order valence-electron chi connectivity index (χ0n) is 11.8. The monoisotopic (exact) mass is 267 g/mol. The summed E-state index contributed by atoms with van der Waals surface area (Å²) in [5.41, 5.74) is 0.549. The van der Waals surface area contributed by atoms with Gasteiger partial charge in [0.1, 0.15) is 5.60 Å². The Morgan fingerprint density at radius 3 is 1.85 bits per heavy atom. The summed E-state index contributed by atoms with van der Waals surface area (Å²) in [6.07, 6.45) is 2.06. The summed E-state index contributed by atoms with van der Waals surface area (Å²) in [6.45, 7) is 3.08. The Morgan fingerprint density at radius 2 is 1.45 bits per heavy atom. The van der Waals surface area contributed by atoms with Crippen LogP contribution in [-0.4, -0.2) is 17.2 Å². The van der Waals surface area contributed by atoms with Crippen LogP contribution in [0, 0.1) is 0 Å². The number of nitrogens with one attached hydrogen (secondary N) is 1. The van der Waals surface area contributed by atoms with Crippen molar-refractivity contribution in [2.75, 3.05) is 6.54 Å². The molecule has 1 unspecified atom stereocenters. The number of benzene rings is 2. The molecule has 0 amide bonds. The molecule has 1 aliphatic rings. The largest absolute Gasteiger partial charge is 0.378 e. The maximum atomic E-state index is 11.7. The van der Waals surface area contributed by atoms with Gasteiger partial charge in [0.05, 0.1) is 5.54 Å². The van der Waals surface area contributed by atoms with Gasteiger partial charge in [0, 0.05) is 0 Å². The highest BCUT2D eigenvalue weighted by Crippen LogP contribution is 2.43. The zero-order valence-corrected chi connectivity index (χ0v) is 11.8. The molecule has 1 heterocycles. The lowest BCUT2D eigenvalue weighted by Gasteiger charge is -2.44. The first-order valence-corrected chi connectivity index (χ1v) is 7.25. The molecule has 2 N–H and O–H groups in total. The third kappa shape index (κ3) is 1.96. The summed E-state index contributed by atoms with van der Waals surface area (Å²) < 4.78 is 0. The van der Waals surface area contributed by atoms with E-state index in [4.69, 9.17) is 0 Å². The summed E-state index contributed by atoms with van der Waals surface area (Å²) in [5.74, 6) is 0. The third-order valence-corrected chi connectivity index (χ3v) is 4.55. The summed E-state index contributed by atoms with van der Waals surface area (Å²) in [4.78, 5) is 0. The van der Waals surface area contributed by atoms with E-state index in [1.807, 2.05) is 60.7 Å². The van der Waals surface area contributed by atoms with Crippen LogP contribution in [0.5, 0.6) is 0 Å². The van der Waals surface area contributed by atoms with Crippen molar-refractivity contribution in [3.63, 3.8) is 0 Å². The van der Waals surface area contributed by atoms with Crippen molar-refractivity contribution in [3.8, 4) is 0 Å². The van der Waals surface area contributed by atoms with E-state index in [0.717, 1.165) is 30.5 Å². The summed E-state index contributed by atoms with van der Waals surface area (Å²) in [5, 5.41) is 15.2. The molecule has 1 fully saturated rings. The van der Waals surface area contributed by atoms with Gasteiger partial charge in [-0.1, -0.05) is 60.7 Å². The molecule has 2 heteroatoms. The lowest BCUT2D eigenvalue weighted by molar-refractivity contribution is -0.00575. The molecular weight excluding hydrogens is 246 g/mol. The van der Waals surface area contributed by atoms with Gasteiger partial charge in [0.2, 0.25) is 0 Å². The predicted molar refractivity (Wildman–Crippen MR) is 81.5 cm³/mol. The van der Waals surface area contributed by atoms with Crippen LogP contribution in [-0.2, 0) is 5.60 Å². The fourth-order valence-corrected chi connectivity index (χ4v) is 3.37. The molecule has 1 aliphatic heterocycles. The second-order valence-electron chi connectivity index (χ2n) is 5.80. The lowest BCUT2D eigenvalue weighted by Crippen LogP contribution is -2.56. The van der Waals surface area contributed by atoms with E-state index in [1.54, 1.807) is 0 Å². The Morgan fingerprint density at radius 1 is 0.950 bits per heavy atom. The average molecular weight is 267 g/mol. The predicted octanol–water partition coefficient (Wildman–Crippen LogP) is 3.06. The molecule has 1 saturated heterocycles. The van der Waals surface area contributed by atoms with Gasteiger partial charge >= 0.3 is 0 Å². The fourth-order valence-electron chi connectivity index (χ4n) is 3.37. The highest BCUT2D eigenvalue weighted by molar-refractivity contribution is 5.40. The minimum atomic E-state index is -1.01. The maximum Gasteiger partial charge on any atom is 0.132 e. The molecule has 2 nitrogen and oxygen atoms in total. The molecule has 0 radical (unpaired) electrons. The van der Waals surface area contributed by atoms with Gasteiger partial charge in [-0.15, -0.1) is 0 Å². The smallest absolute Gasteiger partial charge is 0.132 e. The molecule has 0 saturated carbocycles. The van der Waals surface area contributed by atoms with Crippen LogP contribution in [0.4, 0.5) is 0 Å². The fraction of sp³-hybridized carbons (Fsp3) is 0.333. The van der Waals surface area contributed by atoms with Gasteiger partial charge in [-0.3, -0.25) is 0 Å². The quantitative estimate of drug-likeness (QED) is 0.896. The Labute approximate surface area is 120 Å². The van der Waals surface area contributed by atoms with Crippen LogP contribution in [0.15, 0.2) is 60.7 Å². The van der Waals surface area contributed by atoms with Gasteiger partial charge in [0.25, 0.3) is 0 Å². The molecule has 0 bridgehead atoms. The topological polar surface area (TPSA) is 32.3 Å². The van der Waals surface area contributed by atoms with E-state index in [9.17, 15) is 5.11 Å². The minimum absolute atomic E-state index is 0.338. The van der Waals surface area contributed by atoms with Gasteiger partial charge in [-0.25, -0.2) is 0 Å². The highest BCUT2D eigenvalue weighted by Gasteiger charge is 2.50. The van der Waals surface area contributed by atoms with Crippen LogP contribution >= 0.6 is 0 Å². The SMILES string of the molecule is CC1(C(O)(c2ccccc2)c2ccccc2)CCCN1. The van der Waals surface area contributed by atoms with Crippen LogP contribution < -0.4 is 5.32 Å². The van der Waals surface area contributed by atoms with E-state index in [0.29, 0.717) is 0 Å². The van der Waals surface area contributed by atoms with Gasteiger partial charge in [0.15, 0.2) is 0 Å². The molecule has 0 aliphatic carbocycles. The molecule has 1 atom stereocenters. The lowest BCUT2D eigenvalue weighted by atomic mass is 9.71. The molecular formula is C18H21NO. The minimum Gasteiger partial charge on any atom is -0.378 e. The summed E-state index contributed by atoms with van der Waals surface area (Å²) in [7, 11) is 0. The standard InChI is InChI=1S/C18H21NO/c1-17(13-8-14-19-17)18(20,15-9-4-2-5-10-15)16-11-6-3-7-12-16/h2-7,9-12,19-20H,8,13-14H2,1H3. The Balaban J connectivity index is 2.18. The Hall–Kier alpha value is -1.64. The number of hydrogen-bond donors (Lipinski definition) is 2. The van der Waals surface area contributed by atoms with Crippen LogP contribution in [0.25, 0.3) is 0 Å². The summed E-state index contributed by atoms with van der Waals surface area (Å²) >= 11 is 0. The average Bonchev–Trinajstić information content (AvgIpc) is 2.96. The first kappa shape index (κ1) is 13.3. The van der Waals surface area contributed by atoms with E-state index in [2.05, 4.69) is 12.2 Å². The van der Waals surface area contributed by atoms with Crippen molar-refractivity contribution in [1.29, 1.82) is 0 Å². The van der Waals surface area contributed by atoms with Crippen LogP contribution in [0.3, 0.4) is 0 Å². The van der Waals surface area contributed by atoms with E-state index in [1.165, 1.54) is 0 Å². The molecule has 2 aromatic carbocycles. The Kier molecular flexibility index (Phi) is 3.36. The van der Waals surface area contributed by atoms with Crippen LogP contribution in [0.2, 0.25) is 0 Å². The van der Waals surface area contributed by atoms with Gasteiger partial charge < -0.3 is 10.4 Å².